The van der Waals surface area contributed by atoms with Gasteiger partial charge in [-0.05, 0) is 0 Å². The summed E-state index contributed by atoms with van der Waals surface area (Å²) in [6.07, 6.45) is -0.0614. The van der Waals surface area contributed by atoms with Crippen molar-refractivity contribution in [2.24, 2.45) is 0 Å². The lowest BCUT2D eigenvalue weighted by Gasteiger charge is -2.02. The Morgan fingerprint density at radius 3 is 2.50 bits per heavy atom. The van der Waals surface area contributed by atoms with E-state index in [4.69, 9.17) is 0 Å². The van der Waals surface area contributed by atoms with E-state index in [-0.39, 0.29) is 24.2 Å². The predicted octanol–water partition coefficient (Wildman–Crippen LogP) is 2.39. The Hall–Kier alpha value is -1.85. The lowest BCUT2D eigenvalue weighted by atomic mass is 10.1. The first-order valence-electron chi connectivity index (χ1n) is 4.59. The summed E-state index contributed by atoms with van der Waals surface area (Å²) < 4.78 is 26.1. The molecule has 0 aromatic heterocycles. The molecule has 0 amide bonds. The Morgan fingerprint density at radius 1 is 1.38 bits per heavy atom. The molecule has 1 aromatic rings. The van der Waals surface area contributed by atoms with Crippen LogP contribution in [0.2, 0.25) is 0 Å². The van der Waals surface area contributed by atoms with Crippen LogP contribution in [0.1, 0.15) is 18.9 Å². The first-order valence-corrected chi connectivity index (χ1v) is 4.59. The number of carbonyl (C=O) groups excluding carboxylic acids is 1. The van der Waals surface area contributed by atoms with Crippen molar-refractivity contribution in [3.63, 3.8) is 0 Å². The van der Waals surface area contributed by atoms with Gasteiger partial charge in [0.2, 0.25) is 5.82 Å². The van der Waals surface area contributed by atoms with Gasteiger partial charge < -0.3 is 0 Å². The summed E-state index contributed by atoms with van der Waals surface area (Å²) in [7, 11) is 0. The lowest BCUT2D eigenvalue weighted by Crippen LogP contribution is -2.05. The number of Topliss-reactive ketones (excluding diaryl/α,β-unsaturated/α-hetero) is 1. The lowest BCUT2D eigenvalue weighted by molar-refractivity contribution is -0.387. The summed E-state index contributed by atoms with van der Waals surface area (Å²) in [4.78, 5) is 20.5. The SMILES string of the molecule is CCC(=O)Cc1cc([N+](=O)[O-])c(F)cc1F. The zero-order chi connectivity index (χ0) is 12.3. The number of ketones is 1. The summed E-state index contributed by atoms with van der Waals surface area (Å²) in [6, 6.07) is 1.19. The molecule has 0 saturated heterocycles. The molecule has 0 unspecified atom stereocenters. The quantitative estimate of drug-likeness (QED) is 0.588. The topological polar surface area (TPSA) is 60.2 Å². The van der Waals surface area contributed by atoms with Gasteiger partial charge in [0, 0.05) is 30.5 Å². The molecule has 0 aliphatic heterocycles. The second-order valence-corrected chi connectivity index (χ2v) is 3.22. The largest absolute Gasteiger partial charge is 0.305 e. The number of hydrogen-bond acceptors (Lipinski definition) is 3. The van der Waals surface area contributed by atoms with Gasteiger partial charge in [0.05, 0.1) is 4.92 Å². The Balaban J connectivity index is 3.14. The van der Waals surface area contributed by atoms with Crippen molar-refractivity contribution in [2.45, 2.75) is 19.8 Å². The monoisotopic (exact) mass is 229 g/mol. The van der Waals surface area contributed by atoms with Crippen molar-refractivity contribution in [2.75, 3.05) is 0 Å². The minimum absolute atomic E-state index is 0.153. The minimum atomic E-state index is -1.24. The predicted molar refractivity (Wildman–Crippen MR) is 52.0 cm³/mol. The van der Waals surface area contributed by atoms with Crippen LogP contribution in [-0.2, 0) is 11.2 Å². The minimum Gasteiger partial charge on any atom is -0.299 e. The molecule has 6 heteroatoms. The van der Waals surface area contributed by atoms with Crippen LogP contribution in [0.3, 0.4) is 0 Å². The van der Waals surface area contributed by atoms with Gasteiger partial charge in [-0.1, -0.05) is 6.92 Å². The molecule has 0 radical (unpaired) electrons. The van der Waals surface area contributed by atoms with E-state index in [9.17, 15) is 23.7 Å². The van der Waals surface area contributed by atoms with Crippen molar-refractivity contribution in [1.82, 2.24) is 0 Å². The van der Waals surface area contributed by atoms with E-state index in [0.29, 0.717) is 6.07 Å². The number of benzene rings is 1. The Bertz CT molecular complexity index is 446. The van der Waals surface area contributed by atoms with Crippen LogP contribution >= 0.6 is 0 Å². The van der Waals surface area contributed by atoms with Crippen molar-refractivity contribution in [3.8, 4) is 0 Å². The molecule has 0 heterocycles. The third-order valence-electron chi connectivity index (χ3n) is 2.09. The van der Waals surface area contributed by atoms with E-state index >= 15 is 0 Å². The summed E-state index contributed by atoms with van der Waals surface area (Å²) in [5.41, 5.74) is -0.972. The molecule has 0 aliphatic carbocycles. The average molecular weight is 229 g/mol. The van der Waals surface area contributed by atoms with Crippen LogP contribution in [0.15, 0.2) is 12.1 Å². The maximum absolute atomic E-state index is 13.2. The molecule has 0 fully saturated rings. The maximum Gasteiger partial charge on any atom is 0.305 e. The molecule has 1 aromatic carbocycles. The Kier molecular flexibility index (Phi) is 3.65. The fourth-order valence-corrected chi connectivity index (χ4v) is 1.19. The van der Waals surface area contributed by atoms with Crippen LogP contribution in [0, 0.1) is 21.7 Å². The molecule has 0 spiro atoms. The van der Waals surface area contributed by atoms with Gasteiger partial charge in [0.25, 0.3) is 0 Å². The van der Waals surface area contributed by atoms with E-state index in [1.54, 1.807) is 6.92 Å². The molecular formula is C10H9F2NO3. The second-order valence-electron chi connectivity index (χ2n) is 3.22. The zero-order valence-electron chi connectivity index (χ0n) is 8.50. The first kappa shape index (κ1) is 12.2. The summed E-state index contributed by atoms with van der Waals surface area (Å²) in [6.45, 7) is 1.60. The number of nitro benzene ring substituents is 1. The molecule has 4 nitrogen and oxygen atoms in total. The number of halogens is 2. The van der Waals surface area contributed by atoms with E-state index in [1.807, 2.05) is 0 Å². The highest BCUT2D eigenvalue weighted by Gasteiger charge is 2.19. The van der Waals surface area contributed by atoms with Gasteiger partial charge in [-0.3, -0.25) is 14.9 Å². The van der Waals surface area contributed by atoms with Crippen LogP contribution in [0.25, 0.3) is 0 Å². The van der Waals surface area contributed by atoms with Gasteiger partial charge in [0.15, 0.2) is 0 Å². The number of rotatable bonds is 4. The highest BCUT2D eigenvalue weighted by molar-refractivity contribution is 5.80. The highest BCUT2D eigenvalue weighted by Crippen LogP contribution is 2.22. The van der Waals surface area contributed by atoms with E-state index < -0.39 is 22.2 Å². The van der Waals surface area contributed by atoms with Crippen LogP contribution in [-0.4, -0.2) is 10.7 Å². The number of carbonyl (C=O) groups is 1. The van der Waals surface area contributed by atoms with Gasteiger partial charge in [-0.15, -0.1) is 0 Å². The molecule has 0 bridgehead atoms. The first-order chi connectivity index (χ1) is 7.45. The fraction of sp³-hybridized carbons (Fsp3) is 0.300. The highest BCUT2D eigenvalue weighted by atomic mass is 19.1. The Labute approximate surface area is 90.0 Å². The van der Waals surface area contributed by atoms with Crippen LogP contribution < -0.4 is 0 Å². The standard InChI is InChI=1S/C10H9F2NO3/c1-2-7(14)3-6-4-10(13(15)16)9(12)5-8(6)11/h4-5H,2-3H2,1H3. The third-order valence-corrected chi connectivity index (χ3v) is 2.09. The number of nitrogens with zero attached hydrogens (tertiary/aromatic N) is 1. The van der Waals surface area contributed by atoms with Gasteiger partial charge in [0.1, 0.15) is 11.6 Å². The van der Waals surface area contributed by atoms with Gasteiger partial charge in [-0.2, -0.15) is 4.39 Å². The summed E-state index contributed by atoms with van der Waals surface area (Å²) >= 11 is 0. The molecule has 1 rings (SSSR count). The summed E-state index contributed by atoms with van der Waals surface area (Å²) in [5, 5.41) is 10.4. The molecule has 0 atom stereocenters. The average Bonchev–Trinajstić information content (AvgIpc) is 2.21. The van der Waals surface area contributed by atoms with Gasteiger partial charge in [-0.25, -0.2) is 4.39 Å². The molecule has 16 heavy (non-hydrogen) atoms. The number of hydrogen-bond donors (Lipinski definition) is 0. The van der Waals surface area contributed by atoms with E-state index in [1.165, 1.54) is 0 Å². The van der Waals surface area contributed by atoms with Crippen molar-refractivity contribution in [3.05, 3.63) is 39.4 Å². The number of nitro groups is 1. The molecule has 0 saturated carbocycles. The fourth-order valence-electron chi connectivity index (χ4n) is 1.19. The molecule has 0 aliphatic rings. The van der Waals surface area contributed by atoms with Crippen molar-refractivity contribution >= 4 is 11.5 Å². The summed E-state index contributed by atoms with van der Waals surface area (Å²) in [5.74, 6) is -2.44. The van der Waals surface area contributed by atoms with E-state index in [0.717, 1.165) is 6.07 Å². The van der Waals surface area contributed by atoms with Crippen molar-refractivity contribution < 1.29 is 18.5 Å². The smallest absolute Gasteiger partial charge is 0.299 e. The van der Waals surface area contributed by atoms with Gasteiger partial charge >= 0.3 is 5.69 Å². The third kappa shape index (κ3) is 2.59. The second kappa shape index (κ2) is 4.78. The zero-order valence-corrected chi connectivity index (χ0v) is 8.50. The Morgan fingerprint density at radius 2 is 2.00 bits per heavy atom. The van der Waals surface area contributed by atoms with E-state index in [2.05, 4.69) is 0 Å². The molecule has 86 valence electrons. The molecular weight excluding hydrogens is 220 g/mol. The van der Waals surface area contributed by atoms with Crippen molar-refractivity contribution in [1.29, 1.82) is 0 Å². The molecule has 0 N–H and O–H groups in total. The maximum atomic E-state index is 13.2. The van der Waals surface area contributed by atoms with Crippen LogP contribution in [0.5, 0.6) is 0 Å². The van der Waals surface area contributed by atoms with Crippen LogP contribution in [0.4, 0.5) is 14.5 Å². The normalized spacial score (nSPS) is 10.2.